The van der Waals surface area contributed by atoms with Crippen LogP contribution in [0.3, 0.4) is 0 Å². The third kappa shape index (κ3) is 2.39. The van der Waals surface area contributed by atoms with Gasteiger partial charge in [0.2, 0.25) is 0 Å². The van der Waals surface area contributed by atoms with E-state index in [1.807, 2.05) is 34.5 Å². The number of nitrogen functional groups attached to an aromatic ring is 1. The molecule has 1 aromatic heterocycles. The van der Waals surface area contributed by atoms with E-state index >= 15 is 0 Å². The molecule has 0 unspecified atom stereocenters. The third-order valence-corrected chi connectivity index (χ3v) is 3.87. The topological polar surface area (TPSA) is 62.5 Å². The third-order valence-electron chi connectivity index (χ3n) is 3.11. The number of urea groups is 1. The predicted molar refractivity (Wildman–Crippen MR) is 76.1 cm³/mol. The molecule has 2 N–H and O–H groups in total. The first-order chi connectivity index (χ1) is 9.24. The highest BCUT2D eigenvalue weighted by molar-refractivity contribution is 7.09. The van der Waals surface area contributed by atoms with Crippen molar-refractivity contribution in [1.82, 2.24) is 9.88 Å². The smallest absolute Gasteiger partial charge is 0.324 e. The lowest BCUT2D eigenvalue weighted by Crippen LogP contribution is -2.31. The highest BCUT2D eigenvalue weighted by Crippen LogP contribution is 2.22. The minimum Gasteiger partial charge on any atom is -0.399 e. The van der Waals surface area contributed by atoms with Crippen LogP contribution in [0.25, 0.3) is 0 Å². The van der Waals surface area contributed by atoms with Crippen LogP contribution in [0.4, 0.5) is 16.2 Å². The van der Waals surface area contributed by atoms with Crippen molar-refractivity contribution in [2.75, 3.05) is 23.7 Å². The molecule has 0 radical (unpaired) electrons. The number of nitrogens with two attached hydrogens (primary N) is 1. The molecule has 0 bridgehead atoms. The SMILES string of the molecule is Nc1ccc(N2CCN(Cc3nccs3)C2=O)cc1. The molecule has 1 fully saturated rings. The van der Waals surface area contributed by atoms with Gasteiger partial charge in [0.1, 0.15) is 5.01 Å². The highest BCUT2D eigenvalue weighted by Gasteiger charge is 2.29. The van der Waals surface area contributed by atoms with Gasteiger partial charge in [-0.2, -0.15) is 0 Å². The Morgan fingerprint density at radius 3 is 2.74 bits per heavy atom. The maximum absolute atomic E-state index is 12.3. The van der Waals surface area contributed by atoms with Gasteiger partial charge in [-0.1, -0.05) is 0 Å². The Morgan fingerprint density at radius 1 is 1.26 bits per heavy atom. The average Bonchev–Trinajstić information content (AvgIpc) is 3.03. The van der Waals surface area contributed by atoms with Gasteiger partial charge in [0.05, 0.1) is 6.54 Å². The van der Waals surface area contributed by atoms with Gasteiger partial charge in [-0.05, 0) is 24.3 Å². The van der Waals surface area contributed by atoms with E-state index in [0.717, 1.165) is 17.2 Å². The molecule has 2 heterocycles. The number of aromatic nitrogens is 1. The van der Waals surface area contributed by atoms with Crippen LogP contribution in [0.1, 0.15) is 5.01 Å². The number of carbonyl (C=O) groups is 1. The monoisotopic (exact) mass is 274 g/mol. The minimum absolute atomic E-state index is 0.0278. The van der Waals surface area contributed by atoms with Crippen molar-refractivity contribution in [3.8, 4) is 0 Å². The molecule has 1 saturated heterocycles. The Labute approximate surface area is 115 Å². The first-order valence-corrected chi connectivity index (χ1v) is 6.92. The molecule has 1 aliphatic heterocycles. The first kappa shape index (κ1) is 12.0. The van der Waals surface area contributed by atoms with Crippen LogP contribution in [0.5, 0.6) is 0 Å². The normalized spacial score (nSPS) is 15.3. The lowest BCUT2D eigenvalue weighted by Gasteiger charge is -2.18. The van der Waals surface area contributed by atoms with Crippen molar-refractivity contribution < 1.29 is 4.79 Å². The summed E-state index contributed by atoms with van der Waals surface area (Å²) in [7, 11) is 0. The summed E-state index contributed by atoms with van der Waals surface area (Å²) in [6, 6.07) is 7.40. The molecule has 3 rings (SSSR count). The number of thiazole rings is 1. The second-order valence-electron chi connectivity index (χ2n) is 4.37. The molecule has 2 amide bonds. The Hall–Kier alpha value is -2.08. The van der Waals surface area contributed by atoms with Crippen LogP contribution < -0.4 is 10.6 Å². The van der Waals surface area contributed by atoms with Gasteiger partial charge in [-0.25, -0.2) is 9.78 Å². The molecule has 1 aliphatic rings. The fraction of sp³-hybridized carbons (Fsp3) is 0.231. The summed E-state index contributed by atoms with van der Waals surface area (Å²) in [5, 5.41) is 2.89. The Bertz CT molecular complexity index is 567. The molecule has 0 saturated carbocycles. The molecular weight excluding hydrogens is 260 g/mol. The second-order valence-corrected chi connectivity index (χ2v) is 5.35. The summed E-state index contributed by atoms with van der Waals surface area (Å²) in [6.45, 7) is 2.01. The van der Waals surface area contributed by atoms with E-state index in [1.54, 1.807) is 22.4 Å². The number of hydrogen-bond acceptors (Lipinski definition) is 4. The zero-order valence-corrected chi connectivity index (χ0v) is 11.1. The van der Waals surface area contributed by atoms with Gasteiger partial charge in [0, 0.05) is 36.0 Å². The van der Waals surface area contributed by atoms with Gasteiger partial charge >= 0.3 is 6.03 Å². The molecule has 98 valence electrons. The highest BCUT2D eigenvalue weighted by atomic mass is 32.1. The largest absolute Gasteiger partial charge is 0.399 e. The minimum atomic E-state index is 0.0278. The van der Waals surface area contributed by atoms with Gasteiger partial charge in [-0.3, -0.25) is 4.90 Å². The molecule has 2 aromatic rings. The molecule has 0 spiro atoms. The number of rotatable bonds is 3. The summed E-state index contributed by atoms with van der Waals surface area (Å²) in [5.74, 6) is 0. The van der Waals surface area contributed by atoms with Crippen LogP contribution in [0, 0.1) is 0 Å². The number of hydrogen-bond donors (Lipinski definition) is 1. The van der Waals surface area contributed by atoms with E-state index in [2.05, 4.69) is 4.98 Å². The molecular formula is C13H14N4OS. The molecule has 1 aromatic carbocycles. The Balaban J connectivity index is 1.73. The van der Waals surface area contributed by atoms with Crippen molar-refractivity contribution >= 4 is 28.7 Å². The average molecular weight is 274 g/mol. The second kappa shape index (κ2) is 4.89. The summed E-state index contributed by atoms with van der Waals surface area (Å²) in [4.78, 5) is 20.1. The Morgan fingerprint density at radius 2 is 2.05 bits per heavy atom. The van der Waals surface area contributed by atoms with E-state index in [4.69, 9.17) is 5.73 Å². The number of carbonyl (C=O) groups excluding carboxylic acids is 1. The summed E-state index contributed by atoms with van der Waals surface area (Å²) in [5.41, 5.74) is 7.25. The van der Waals surface area contributed by atoms with Gasteiger partial charge < -0.3 is 10.6 Å². The van der Waals surface area contributed by atoms with Gasteiger partial charge in [0.15, 0.2) is 0 Å². The van der Waals surface area contributed by atoms with Gasteiger partial charge in [0.25, 0.3) is 0 Å². The van der Waals surface area contributed by atoms with Crippen LogP contribution in [-0.4, -0.2) is 29.0 Å². The van der Waals surface area contributed by atoms with E-state index in [1.165, 1.54) is 0 Å². The van der Waals surface area contributed by atoms with E-state index < -0.39 is 0 Å². The molecule has 19 heavy (non-hydrogen) atoms. The van der Waals surface area contributed by atoms with Crippen LogP contribution in [0.2, 0.25) is 0 Å². The molecule has 0 aliphatic carbocycles. The van der Waals surface area contributed by atoms with E-state index in [9.17, 15) is 4.79 Å². The summed E-state index contributed by atoms with van der Waals surface area (Å²) >= 11 is 1.57. The van der Waals surface area contributed by atoms with E-state index in [0.29, 0.717) is 18.8 Å². The van der Waals surface area contributed by atoms with Gasteiger partial charge in [-0.15, -0.1) is 11.3 Å². The maximum Gasteiger partial charge on any atom is 0.324 e. The van der Waals surface area contributed by atoms with Crippen molar-refractivity contribution in [1.29, 1.82) is 0 Å². The lowest BCUT2D eigenvalue weighted by molar-refractivity contribution is 0.218. The number of anilines is 2. The molecule has 6 heteroatoms. The number of benzene rings is 1. The van der Waals surface area contributed by atoms with Crippen molar-refractivity contribution in [2.45, 2.75) is 6.54 Å². The fourth-order valence-electron chi connectivity index (χ4n) is 2.12. The van der Waals surface area contributed by atoms with Crippen LogP contribution in [-0.2, 0) is 6.54 Å². The number of nitrogens with zero attached hydrogens (tertiary/aromatic N) is 3. The quantitative estimate of drug-likeness (QED) is 0.872. The van der Waals surface area contributed by atoms with Crippen LogP contribution in [0.15, 0.2) is 35.8 Å². The lowest BCUT2D eigenvalue weighted by atomic mass is 10.2. The zero-order chi connectivity index (χ0) is 13.2. The van der Waals surface area contributed by atoms with Crippen molar-refractivity contribution in [3.63, 3.8) is 0 Å². The van der Waals surface area contributed by atoms with Crippen LogP contribution >= 0.6 is 11.3 Å². The first-order valence-electron chi connectivity index (χ1n) is 6.04. The van der Waals surface area contributed by atoms with Crippen molar-refractivity contribution in [3.05, 3.63) is 40.8 Å². The standard InChI is InChI=1S/C13H14N4OS/c14-10-1-3-11(4-2-10)17-7-6-16(13(17)18)9-12-15-5-8-19-12/h1-5,8H,6-7,9,14H2. The predicted octanol–water partition coefficient (Wildman–Crippen LogP) is 2.17. The summed E-state index contributed by atoms with van der Waals surface area (Å²) in [6.07, 6.45) is 1.76. The Kier molecular flexibility index (Phi) is 3.08. The number of amides is 2. The maximum atomic E-state index is 12.3. The molecule has 5 nitrogen and oxygen atoms in total. The van der Waals surface area contributed by atoms with Crippen molar-refractivity contribution in [2.24, 2.45) is 0 Å². The molecule has 0 atom stereocenters. The fourth-order valence-corrected chi connectivity index (χ4v) is 2.75. The summed E-state index contributed by atoms with van der Waals surface area (Å²) < 4.78 is 0. The van der Waals surface area contributed by atoms with E-state index in [-0.39, 0.29) is 6.03 Å². The zero-order valence-electron chi connectivity index (χ0n) is 10.3.